The molecule has 9 aromatic carbocycles. The molecule has 0 amide bonds. The molecule has 0 N–H and O–H groups in total. The van der Waals surface area contributed by atoms with Gasteiger partial charge in [-0.1, -0.05) is 152 Å². The normalized spacial score (nSPS) is 11.8. The molecule has 52 heavy (non-hydrogen) atoms. The first-order valence-corrected chi connectivity index (χ1v) is 17.8. The zero-order valence-corrected chi connectivity index (χ0v) is 28.1. The first-order chi connectivity index (χ1) is 25.8. The molecule has 0 aliphatic carbocycles. The third-order valence-corrected chi connectivity index (χ3v) is 10.6. The molecule has 0 aliphatic heterocycles. The number of hydrogen-bond donors (Lipinski definition) is 0. The quantitative estimate of drug-likeness (QED) is 0.175. The van der Waals surface area contributed by atoms with Gasteiger partial charge < -0.3 is 8.83 Å². The number of rotatable bonds is 4. The molecule has 11 rings (SSSR count). The summed E-state index contributed by atoms with van der Waals surface area (Å²) in [6.45, 7) is 0. The topological polar surface area (TPSA) is 26.3 Å². The lowest BCUT2D eigenvalue weighted by Crippen LogP contribution is -1.92. The van der Waals surface area contributed by atoms with E-state index < -0.39 is 0 Å². The van der Waals surface area contributed by atoms with Crippen molar-refractivity contribution in [3.63, 3.8) is 0 Å². The Hall–Kier alpha value is -6.90. The lowest BCUT2D eigenvalue weighted by molar-refractivity contribution is 0.635. The molecular formula is C50H30O2. The van der Waals surface area contributed by atoms with E-state index in [4.69, 9.17) is 8.83 Å². The third kappa shape index (κ3) is 4.31. The van der Waals surface area contributed by atoms with E-state index in [1.165, 1.54) is 38.2 Å². The average Bonchev–Trinajstić information content (AvgIpc) is 3.82. The van der Waals surface area contributed by atoms with E-state index in [-0.39, 0.29) is 0 Å². The Morgan fingerprint density at radius 2 is 0.846 bits per heavy atom. The summed E-state index contributed by atoms with van der Waals surface area (Å²) in [6.07, 6.45) is 0. The van der Waals surface area contributed by atoms with Gasteiger partial charge in [0.05, 0.1) is 0 Å². The molecule has 242 valence electrons. The van der Waals surface area contributed by atoms with Gasteiger partial charge in [-0.25, -0.2) is 0 Å². The van der Waals surface area contributed by atoms with Crippen molar-refractivity contribution in [3.05, 3.63) is 182 Å². The second-order valence-electron chi connectivity index (χ2n) is 13.6. The van der Waals surface area contributed by atoms with Gasteiger partial charge in [-0.2, -0.15) is 0 Å². The first-order valence-electron chi connectivity index (χ1n) is 17.8. The maximum Gasteiger partial charge on any atom is 0.142 e. The highest BCUT2D eigenvalue weighted by Gasteiger charge is 2.22. The second-order valence-corrected chi connectivity index (χ2v) is 13.6. The maximum absolute atomic E-state index is 6.74. The van der Waals surface area contributed by atoms with Crippen molar-refractivity contribution in [1.82, 2.24) is 0 Å². The lowest BCUT2D eigenvalue weighted by atomic mass is 9.84. The molecule has 11 aromatic rings. The van der Waals surface area contributed by atoms with Crippen molar-refractivity contribution in [2.75, 3.05) is 0 Å². The van der Waals surface area contributed by atoms with E-state index in [1.54, 1.807) is 0 Å². The summed E-state index contributed by atoms with van der Waals surface area (Å²) < 4.78 is 13.3. The van der Waals surface area contributed by atoms with E-state index in [2.05, 4.69) is 176 Å². The number of hydrogen-bond acceptors (Lipinski definition) is 2. The smallest absolute Gasteiger partial charge is 0.142 e. The largest absolute Gasteiger partial charge is 0.456 e. The number of para-hydroxylation sites is 1. The van der Waals surface area contributed by atoms with E-state index in [0.29, 0.717) is 0 Å². The van der Waals surface area contributed by atoms with Crippen LogP contribution in [0.3, 0.4) is 0 Å². The van der Waals surface area contributed by atoms with Gasteiger partial charge >= 0.3 is 0 Å². The summed E-state index contributed by atoms with van der Waals surface area (Å²) in [7, 11) is 0. The molecule has 0 spiro atoms. The van der Waals surface area contributed by atoms with Gasteiger partial charge in [0.1, 0.15) is 22.5 Å². The Labute approximate surface area is 299 Å². The highest BCUT2D eigenvalue weighted by molar-refractivity contribution is 6.26. The summed E-state index contributed by atoms with van der Waals surface area (Å²) in [4.78, 5) is 0. The first kappa shape index (κ1) is 28.9. The molecule has 0 saturated heterocycles. The SMILES string of the molecule is c1ccc(-c2cc3cc(-c4cc(-c5c6ccccc6c(-c6ccccc6)c6ccccc56)c5c(c4)oc4ccccc45)c4ccccc4c3o2)cc1. The predicted octanol–water partition coefficient (Wildman–Crippen LogP) is 14.5. The van der Waals surface area contributed by atoms with E-state index in [9.17, 15) is 0 Å². The van der Waals surface area contributed by atoms with Crippen LogP contribution in [0.25, 0.3) is 110 Å². The Bertz CT molecular complexity index is 3110. The van der Waals surface area contributed by atoms with Crippen LogP contribution in [0.2, 0.25) is 0 Å². The van der Waals surface area contributed by atoms with Gasteiger partial charge in [-0.3, -0.25) is 0 Å². The molecule has 0 unspecified atom stereocenters. The van der Waals surface area contributed by atoms with Gasteiger partial charge in [0.25, 0.3) is 0 Å². The van der Waals surface area contributed by atoms with Crippen LogP contribution in [0.5, 0.6) is 0 Å². The fourth-order valence-electron chi connectivity index (χ4n) is 8.40. The summed E-state index contributed by atoms with van der Waals surface area (Å²) in [5, 5.41) is 10.4. The molecule has 2 aromatic heterocycles. The zero-order valence-electron chi connectivity index (χ0n) is 28.1. The van der Waals surface area contributed by atoms with Crippen LogP contribution in [-0.2, 0) is 0 Å². The summed E-state index contributed by atoms with van der Waals surface area (Å²) in [6, 6.07) is 64.9. The maximum atomic E-state index is 6.74. The van der Waals surface area contributed by atoms with Gasteiger partial charge in [0.15, 0.2) is 0 Å². The third-order valence-electron chi connectivity index (χ3n) is 10.6. The summed E-state index contributed by atoms with van der Waals surface area (Å²) in [5.41, 5.74) is 10.8. The van der Waals surface area contributed by atoms with Gasteiger partial charge in [0.2, 0.25) is 0 Å². The Kier molecular flexibility index (Phi) is 6.28. The minimum Gasteiger partial charge on any atom is -0.456 e. The second kappa shape index (κ2) is 11.3. The van der Waals surface area contributed by atoms with Crippen LogP contribution < -0.4 is 0 Å². The van der Waals surface area contributed by atoms with Crippen molar-refractivity contribution in [3.8, 4) is 44.7 Å². The minimum absolute atomic E-state index is 0.864. The van der Waals surface area contributed by atoms with E-state index >= 15 is 0 Å². The van der Waals surface area contributed by atoms with Gasteiger partial charge in [0, 0.05) is 27.1 Å². The monoisotopic (exact) mass is 662 g/mol. The van der Waals surface area contributed by atoms with Gasteiger partial charge in [-0.15, -0.1) is 0 Å². The Morgan fingerprint density at radius 1 is 0.308 bits per heavy atom. The molecule has 0 atom stereocenters. The molecule has 0 saturated carbocycles. The fourth-order valence-corrected chi connectivity index (χ4v) is 8.40. The molecule has 0 aliphatic rings. The van der Waals surface area contributed by atoms with Gasteiger partial charge in [-0.05, 0) is 90.6 Å². The van der Waals surface area contributed by atoms with Crippen molar-refractivity contribution >= 4 is 65.2 Å². The van der Waals surface area contributed by atoms with Crippen molar-refractivity contribution in [1.29, 1.82) is 0 Å². The van der Waals surface area contributed by atoms with Crippen molar-refractivity contribution in [2.24, 2.45) is 0 Å². The van der Waals surface area contributed by atoms with Crippen LogP contribution in [0.15, 0.2) is 191 Å². The standard InChI is InChI=1S/C50H30O2/c1-3-15-31(16-4-1)45-30-34-28-42(35-19-7-12-24-40(35)50(34)52-45)33-27-43(49-41-25-13-14-26-44(41)51-46(49)29-33)48-38-22-10-8-20-36(38)47(32-17-5-2-6-18-32)37-21-9-11-23-39(37)48/h1-30H. The van der Waals surface area contributed by atoms with Crippen LogP contribution in [0, 0.1) is 0 Å². The number of fused-ring (bicyclic) bond motifs is 8. The van der Waals surface area contributed by atoms with Crippen LogP contribution in [-0.4, -0.2) is 0 Å². The molecule has 2 heteroatoms. The van der Waals surface area contributed by atoms with Crippen LogP contribution >= 0.6 is 0 Å². The highest BCUT2D eigenvalue weighted by atomic mass is 16.3. The van der Waals surface area contributed by atoms with Crippen LogP contribution in [0.1, 0.15) is 0 Å². The number of benzene rings is 9. The average molecular weight is 663 g/mol. The zero-order chi connectivity index (χ0) is 34.2. The Balaban J connectivity index is 1.27. The van der Waals surface area contributed by atoms with E-state index in [1.807, 2.05) is 6.07 Å². The molecule has 0 radical (unpaired) electrons. The fraction of sp³-hybridized carbons (Fsp3) is 0. The molecule has 0 bridgehead atoms. The minimum atomic E-state index is 0.864. The van der Waals surface area contributed by atoms with E-state index in [0.717, 1.165) is 71.7 Å². The van der Waals surface area contributed by atoms with Crippen LogP contribution in [0.4, 0.5) is 0 Å². The van der Waals surface area contributed by atoms with Crippen molar-refractivity contribution < 1.29 is 8.83 Å². The Morgan fingerprint density at radius 3 is 1.52 bits per heavy atom. The molecule has 2 heterocycles. The molecule has 2 nitrogen and oxygen atoms in total. The highest BCUT2D eigenvalue weighted by Crippen LogP contribution is 2.49. The summed E-state index contributed by atoms with van der Waals surface area (Å²) >= 11 is 0. The summed E-state index contributed by atoms with van der Waals surface area (Å²) in [5.74, 6) is 0.864. The van der Waals surface area contributed by atoms with Crippen molar-refractivity contribution in [2.45, 2.75) is 0 Å². The number of furan rings is 2. The molecule has 0 fully saturated rings. The predicted molar refractivity (Wildman–Crippen MR) is 218 cm³/mol. The molecular weight excluding hydrogens is 633 g/mol. The lowest BCUT2D eigenvalue weighted by Gasteiger charge is -2.19.